The van der Waals surface area contributed by atoms with Crippen LogP contribution in [0.3, 0.4) is 0 Å². The van der Waals surface area contributed by atoms with Crippen molar-refractivity contribution in [1.82, 2.24) is 5.32 Å². The smallest absolute Gasteiger partial charge is 0.330 e. The Bertz CT molecular complexity index is 431. The lowest BCUT2D eigenvalue weighted by molar-refractivity contribution is -0.167. The highest BCUT2D eigenvalue weighted by Crippen LogP contribution is 2.23. The van der Waals surface area contributed by atoms with E-state index in [4.69, 9.17) is 16.3 Å². The molecule has 0 saturated carbocycles. The van der Waals surface area contributed by atoms with Crippen LogP contribution >= 0.6 is 11.6 Å². The summed E-state index contributed by atoms with van der Waals surface area (Å²) in [4.78, 5) is 0. The molecule has 0 radical (unpaired) electrons. The maximum atomic E-state index is 12.8. The molecule has 1 unspecified atom stereocenters. The first-order valence-electron chi connectivity index (χ1n) is 6.57. The van der Waals surface area contributed by atoms with E-state index >= 15 is 0 Å². The van der Waals surface area contributed by atoms with Crippen molar-refractivity contribution >= 4 is 11.6 Å². The Morgan fingerprint density at radius 3 is 2.52 bits per heavy atom. The minimum absolute atomic E-state index is 0.0959. The quantitative estimate of drug-likeness (QED) is 0.697. The molecule has 0 aromatic heterocycles. The molecule has 2 nitrogen and oxygen atoms in total. The predicted octanol–water partition coefficient (Wildman–Crippen LogP) is 3.78. The molecular formula is C14H18ClF4NO. The van der Waals surface area contributed by atoms with E-state index in [1.165, 1.54) is 0 Å². The summed E-state index contributed by atoms with van der Waals surface area (Å²) in [5.41, 5.74) is 0.842. The van der Waals surface area contributed by atoms with Gasteiger partial charge in [0.1, 0.15) is 6.61 Å². The number of likely N-dealkylation sites (N-methyl/N-ethyl adjacent to an activating group) is 1. The molecule has 0 bridgehead atoms. The maximum absolute atomic E-state index is 12.8. The molecule has 0 amide bonds. The molecule has 0 aliphatic heterocycles. The number of nitrogens with one attached hydrogen (secondary N) is 1. The molecule has 0 fully saturated rings. The van der Waals surface area contributed by atoms with E-state index in [0.29, 0.717) is 18.0 Å². The van der Waals surface area contributed by atoms with Gasteiger partial charge in [-0.3, -0.25) is 0 Å². The topological polar surface area (TPSA) is 21.3 Å². The van der Waals surface area contributed by atoms with Gasteiger partial charge in [-0.05, 0) is 24.6 Å². The highest BCUT2D eigenvalue weighted by Gasteiger charge is 2.41. The van der Waals surface area contributed by atoms with Crippen molar-refractivity contribution in [3.63, 3.8) is 0 Å². The second-order valence-electron chi connectivity index (χ2n) is 4.63. The molecule has 1 aromatic rings. The van der Waals surface area contributed by atoms with Crippen molar-refractivity contribution in [2.75, 3.05) is 19.8 Å². The van der Waals surface area contributed by atoms with Gasteiger partial charge in [-0.25, -0.2) is 8.78 Å². The highest BCUT2D eigenvalue weighted by molar-refractivity contribution is 6.31. The molecule has 0 aliphatic rings. The summed E-state index contributed by atoms with van der Waals surface area (Å²) >= 11 is 6.03. The first-order valence-corrected chi connectivity index (χ1v) is 6.95. The first kappa shape index (κ1) is 18.2. The van der Waals surface area contributed by atoms with Gasteiger partial charge in [0.05, 0.1) is 6.61 Å². The Morgan fingerprint density at radius 2 is 1.95 bits per heavy atom. The molecule has 1 rings (SSSR count). The van der Waals surface area contributed by atoms with Crippen LogP contribution < -0.4 is 5.32 Å². The van der Waals surface area contributed by atoms with Gasteiger partial charge in [-0.1, -0.05) is 36.7 Å². The lowest BCUT2D eigenvalue weighted by atomic mass is 10.1. The summed E-state index contributed by atoms with van der Waals surface area (Å²) < 4.78 is 54.3. The molecule has 1 N–H and O–H groups in total. The van der Waals surface area contributed by atoms with Crippen molar-refractivity contribution in [1.29, 1.82) is 0 Å². The fraction of sp³-hybridized carbons (Fsp3) is 0.571. The standard InChI is InChI=1S/C14H18ClF4NO/c1-2-20-11(7-10-5-3-4-6-12(10)15)8-21-9-14(18,19)13(16)17/h3-6,11,13,20H,2,7-9H2,1H3. The van der Waals surface area contributed by atoms with Gasteiger partial charge in [0, 0.05) is 11.1 Å². The Kier molecular flexibility index (Phi) is 7.42. The van der Waals surface area contributed by atoms with Crippen LogP contribution in [0.4, 0.5) is 17.6 Å². The summed E-state index contributed by atoms with van der Waals surface area (Å²) in [6.45, 7) is 1.06. The summed E-state index contributed by atoms with van der Waals surface area (Å²) in [6.07, 6.45) is -3.26. The van der Waals surface area contributed by atoms with Crippen molar-refractivity contribution in [3.05, 3.63) is 34.9 Å². The molecule has 1 atom stereocenters. The van der Waals surface area contributed by atoms with E-state index in [2.05, 4.69) is 5.32 Å². The van der Waals surface area contributed by atoms with Gasteiger partial charge in [0.2, 0.25) is 0 Å². The molecule has 0 saturated heterocycles. The van der Waals surface area contributed by atoms with Crippen LogP contribution in [-0.4, -0.2) is 38.1 Å². The number of alkyl halides is 4. The SMILES string of the molecule is CCNC(COCC(F)(F)C(F)F)Cc1ccccc1Cl. The van der Waals surface area contributed by atoms with Crippen LogP contribution in [0, 0.1) is 0 Å². The van der Waals surface area contributed by atoms with Crippen LogP contribution in [0.15, 0.2) is 24.3 Å². The molecule has 1 aromatic carbocycles. The van der Waals surface area contributed by atoms with E-state index in [-0.39, 0.29) is 12.6 Å². The normalized spacial score (nSPS) is 13.7. The third kappa shape index (κ3) is 6.20. The molecule has 0 spiro atoms. The van der Waals surface area contributed by atoms with Gasteiger partial charge in [-0.15, -0.1) is 0 Å². The summed E-state index contributed by atoms with van der Waals surface area (Å²) in [6, 6.07) is 6.87. The molecule has 0 aliphatic carbocycles. The van der Waals surface area contributed by atoms with E-state index in [1.807, 2.05) is 19.1 Å². The fourth-order valence-corrected chi connectivity index (χ4v) is 2.02. The average molecular weight is 328 g/mol. The largest absolute Gasteiger partial charge is 0.373 e. The molecule has 0 heterocycles. The minimum Gasteiger partial charge on any atom is -0.373 e. The van der Waals surface area contributed by atoms with Crippen molar-refractivity contribution < 1.29 is 22.3 Å². The predicted molar refractivity (Wildman–Crippen MR) is 74.4 cm³/mol. The average Bonchev–Trinajstić information content (AvgIpc) is 2.41. The second kappa shape index (κ2) is 8.56. The molecular weight excluding hydrogens is 310 g/mol. The van der Waals surface area contributed by atoms with Gasteiger partial charge < -0.3 is 10.1 Å². The summed E-state index contributed by atoms with van der Waals surface area (Å²) in [7, 11) is 0. The monoisotopic (exact) mass is 327 g/mol. The van der Waals surface area contributed by atoms with Crippen LogP contribution in [0.5, 0.6) is 0 Å². The fourth-order valence-electron chi connectivity index (χ4n) is 1.81. The van der Waals surface area contributed by atoms with E-state index in [0.717, 1.165) is 5.56 Å². The van der Waals surface area contributed by atoms with Crippen LogP contribution in [0.2, 0.25) is 5.02 Å². The van der Waals surface area contributed by atoms with Crippen LogP contribution in [0.25, 0.3) is 0 Å². The zero-order valence-electron chi connectivity index (χ0n) is 11.6. The molecule has 120 valence electrons. The second-order valence-corrected chi connectivity index (χ2v) is 5.03. The highest BCUT2D eigenvalue weighted by atomic mass is 35.5. The Labute approximate surface area is 126 Å². The third-order valence-corrected chi connectivity index (χ3v) is 3.22. The Hall–Kier alpha value is -0.850. The number of hydrogen-bond acceptors (Lipinski definition) is 2. The van der Waals surface area contributed by atoms with Crippen molar-refractivity contribution in [2.24, 2.45) is 0 Å². The van der Waals surface area contributed by atoms with Crippen molar-refractivity contribution in [2.45, 2.75) is 31.7 Å². The zero-order valence-corrected chi connectivity index (χ0v) is 12.3. The van der Waals surface area contributed by atoms with E-state index in [1.54, 1.807) is 12.1 Å². The van der Waals surface area contributed by atoms with Gasteiger partial charge in [-0.2, -0.15) is 8.78 Å². The minimum atomic E-state index is -4.12. The summed E-state index contributed by atoms with van der Waals surface area (Å²) in [5, 5.41) is 3.63. The van der Waals surface area contributed by atoms with Gasteiger partial charge in [0.15, 0.2) is 0 Å². The number of hydrogen-bond donors (Lipinski definition) is 1. The van der Waals surface area contributed by atoms with E-state index < -0.39 is 19.0 Å². The number of halogens is 5. The lowest BCUT2D eigenvalue weighted by Gasteiger charge is -2.21. The van der Waals surface area contributed by atoms with Crippen molar-refractivity contribution in [3.8, 4) is 0 Å². The zero-order chi connectivity index (χ0) is 15.9. The first-order chi connectivity index (χ1) is 9.86. The van der Waals surface area contributed by atoms with Crippen LogP contribution in [0.1, 0.15) is 12.5 Å². The van der Waals surface area contributed by atoms with Crippen LogP contribution in [-0.2, 0) is 11.2 Å². The molecule has 7 heteroatoms. The Balaban J connectivity index is 2.53. The summed E-state index contributed by atoms with van der Waals surface area (Å²) in [5.74, 6) is -4.12. The maximum Gasteiger partial charge on any atom is 0.330 e. The Morgan fingerprint density at radius 1 is 1.29 bits per heavy atom. The number of benzene rings is 1. The molecule has 21 heavy (non-hydrogen) atoms. The number of ether oxygens (including phenoxy) is 1. The third-order valence-electron chi connectivity index (χ3n) is 2.85. The van der Waals surface area contributed by atoms with Gasteiger partial charge >= 0.3 is 12.3 Å². The van der Waals surface area contributed by atoms with Gasteiger partial charge in [0.25, 0.3) is 0 Å². The van der Waals surface area contributed by atoms with E-state index in [9.17, 15) is 17.6 Å². The lowest BCUT2D eigenvalue weighted by Crippen LogP contribution is -2.39. The number of rotatable bonds is 9.